The molecule has 0 aromatic rings. The van der Waals surface area contributed by atoms with Crippen LogP contribution in [0.2, 0.25) is 0 Å². The molecule has 0 saturated carbocycles. The van der Waals surface area contributed by atoms with Crippen LogP contribution >= 0.6 is 12.4 Å². The van der Waals surface area contributed by atoms with Gasteiger partial charge in [-0.05, 0) is 0 Å². The summed E-state index contributed by atoms with van der Waals surface area (Å²) in [4.78, 5) is 8.56. The zero-order chi connectivity index (χ0) is 3.58. The zero-order valence-electron chi connectivity index (χ0n) is 7.63. The van der Waals surface area contributed by atoms with E-state index >= 15 is 0 Å². The van der Waals surface area contributed by atoms with E-state index in [-0.39, 0.29) is 86.6 Å². The van der Waals surface area contributed by atoms with Crippen LogP contribution in [-0.4, -0.2) is 84.9 Å². The van der Waals surface area contributed by atoms with E-state index < -0.39 is 6.16 Å². The van der Waals surface area contributed by atoms with Crippen LogP contribution in [0, 0.1) is 0 Å². The Morgan fingerprint density at radius 3 is 1.43 bits per heavy atom. The van der Waals surface area contributed by atoms with Crippen LogP contribution in [0.25, 0.3) is 0 Å². The van der Waals surface area contributed by atoms with Gasteiger partial charge in [-0.1, -0.05) is 0 Å². The summed E-state index contributed by atoms with van der Waals surface area (Å²) in [7, 11) is 0. The first-order valence-electron chi connectivity index (χ1n) is 0.651. The number of halogens is 1. The summed E-state index contributed by atoms with van der Waals surface area (Å²) in [5.74, 6) is 0. The molecule has 0 aromatic carbocycles. The molecule has 40 valence electrons. The molecule has 0 bridgehead atoms. The fourth-order valence-electron chi connectivity index (χ4n) is 0. The van der Waals surface area contributed by atoms with E-state index in [4.69, 9.17) is 15.0 Å². The summed E-state index contributed by atoms with van der Waals surface area (Å²) in [6.45, 7) is 0. The molecule has 6 heteroatoms. The molecule has 0 radical (unpaired) electrons. The van der Waals surface area contributed by atoms with Crippen molar-refractivity contribution in [3.05, 3.63) is 0 Å². The van der Waals surface area contributed by atoms with Gasteiger partial charge in [0.1, 0.15) is 0 Å². The van der Waals surface area contributed by atoms with E-state index in [1.165, 1.54) is 0 Å². The molecule has 0 aliphatic heterocycles. The summed E-state index contributed by atoms with van der Waals surface area (Å²) in [6.07, 6.45) is -1.83. The summed E-state index contributed by atoms with van der Waals surface area (Å²) >= 11 is 0. The summed E-state index contributed by atoms with van der Waals surface area (Å²) in [5, 5.41) is 13.9. The SMILES string of the molecule is Cl.O=C(O)O.[H-].[H-].[H-].[H-].[Mg+2].[Sr+2]. The Hall–Kier alpha value is 1.81. The van der Waals surface area contributed by atoms with Gasteiger partial charge in [0.2, 0.25) is 0 Å². The van der Waals surface area contributed by atoms with Crippen LogP contribution in [0.4, 0.5) is 4.79 Å². The van der Waals surface area contributed by atoms with Crippen molar-refractivity contribution in [1.82, 2.24) is 0 Å². The molecular weight excluding hydrogens is 207 g/mol. The maximum absolute atomic E-state index is 8.56. The van der Waals surface area contributed by atoms with Gasteiger partial charge in [0.15, 0.2) is 0 Å². The Bertz CT molecular complexity index is 48.3. The molecule has 2 N–H and O–H groups in total. The molecule has 0 aromatic heterocycles. The molecular formula is CH7ClMgO3Sr. The standard InChI is InChI=1S/CH2O3.ClH.Mg.Sr.4H/c2-1(3)4;;;;;;;/h(H2,2,3,4);1H;;;;;;/q;;2*+2;4*-1. The Kier molecular flexibility index (Phi) is 52.0. The van der Waals surface area contributed by atoms with Crippen LogP contribution < -0.4 is 0 Å². The quantitative estimate of drug-likeness (QED) is 0.572. The molecule has 0 spiro atoms. The summed E-state index contributed by atoms with van der Waals surface area (Å²) in [6, 6.07) is 0. The smallest absolute Gasteiger partial charge is 1.00 e. The summed E-state index contributed by atoms with van der Waals surface area (Å²) in [5.41, 5.74) is 0. The molecule has 0 aliphatic rings. The first-order valence-corrected chi connectivity index (χ1v) is 0.651. The predicted molar refractivity (Wildman–Crippen MR) is 33.9 cm³/mol. The molecule has 0 atom stereocenters. The van der Waals surface area contributed by atoms with Gasteiger partial charge in [0.05, 0.1) is 0 Å². The number of carboxylic acid groups (broad SMARTS) is 2. The fourth-order valence-corrected chi connectivity index (χ4v) is 0. The van der Waals surface area contributed by atoms with Crippen molar-refractivity contribution in [1.29, 1.82) is 0 Å². The van der Waals surface area contributed by atoms with Crippen molar-refractivity contribution in [3.8, 4) is 0 Å². The maximum Gasteiger partial charge on any atom is 2.00 e. The van der Waals surface area contributed by atoms with Crippen molar-refractivity contribution in [2.24, 2.45) is 0 Å². The van der Waals surface area contributed by atoms with E-state index in [1.54, 1.807) is 0 Å². The number of carbonyl (C=O) groups is 1. The Morgan fingerprint density at radius 1 is 1.43 bits per heavy atom. The Balaban J connectivity index is -0.00000000214. The molecule has 0 saturated heterocycles. The first-order chi connectivity index (χ1) is 1.73. The van der Waals surface area contributed by atoms with Crippen LogP contribution in [0.5, 0.6) is 0 Å². The predicted octanol–water partition coefficient (Wildman–Crippen LogP) is 0.333. The fraction of sp³-hybridized carbons (Fsp3) is 0. The van der Waals surface area contributed by atoms with E-state index in [0.717, 1.165) is 0 Å². The molecule has 0 rings (SSSR count). The molecule has 7 heavy (non-hydrogen) atoms. The average molecular weight is 214 g/mol. The number of hydrogen-bond acceptors (Lipinski definition) is 1. The van der Waals surface area contributed by atoms with E-state index in [1.807, 2.05) is 0 Å². The molecule has 0 aliphatic carbocycles. The van der Waals surface area contributed by atoms with Gasteiger partial charge in [-0.2, -0.15) is 0 Å². The second-order valence-electron chi connectivity index (χ2n) is 0.283. The van der Waals surface area contributed by atoms with Gasteiger partial charge in [0, 0.05) is 0 Å². The molecule has 0 heterocycles. The third-order valence-electron chi connectivity index (χ3n) is 0. The van der Waals surface area contributed by atoms with Crippen molar-refractivity contribution in [2.75, 3.05) is 0 Å². The van der Waals surface area contributed by atoms with E-state index in [2.05, 4.69) is 0 Å². The third-order valence-corrected chi connectivity index (χ3v) is 0. The van der Waals surface area contributed by atoms with Gasteiger partial charge < -0.3 is 15.9 Å². The number of rotatable bonds is 0. The largest absolute Gasteiger partial charge is 2.00 e. The van der Waals surface area contributed by atoms with Gasteiger partial charge in [-0.3, -0.25) is 0 Å². The maximum atomic E-state index is 8.56. The van der Waals surface area contributed by atoms with Crippen molar-refractivity contribution in [2.45, 2.75) is 0 Å². The third kappa shape index (κ3) is 80.6. The first kappa shape index (κ1) is 23.2. The Morgan fingerprint density at radius 2 is 1.43 bits per heavy atom. The van der Waals surface area contributed by atoms with Crippen molar-refractivity contribution < 1.29 is 20.7 Å². The van der Waals surface area contributed by atoms with Gasteiger partial charge in [0.25, 0.3) is 0 Å². The topological polar surface area (TPSA) is 57.5 Å². The normalized spacial score (nSPS) is 3.43. The minimum Gasteiger partial charge on any atom is -1.00 e. The zero-order valence-corrected chi connectivity index (χ0v) is 9.33. The Labute approximate surface area is 106 Å². The van der Waals surface area contributed by atoms with Crippen LogP contribution in [0.3, 0.4) is 0 Å². The van der Waals surface area contributed by atoms with Crippen LogP contribution in [0.15, 0.2) is 0 Å². The van der Waals surface area contributed by atoms with E-state index in [9.17, 15) is 0 Å². The average Bonchev–Trinajstić information content (AvgIpc) is 0.811. The van der Waals surface area contributed by atoms with E-state index in [0.29, 0.717) is 0 Å². The molecule has 3 nitrogen and oxygen atoms in total. The van der Waals surface area contributed by atoms with Gasteiger partial charge in [-0.25, -0.2) is 4.79 Å². The van der Waals surface area contributed by atoms with Crippen LogP contribution in [-0.2, 0) is 0 Å². The second-order valence-corrected chi connectivity index (χ2v) is 0.283. The minimum absolute atomic E-state index is 0. The number of hydrogen-bond donors (Lipinski definition) is 2. The van der Waals surface area contributed by atoms with Crippen molar-refractivity contribution >= 4 is 87.1 Å². The van der Waals surface area contributed by atoms with Crippen molar-refractivity contribution in [3.63, 3.8) is 0 Å². The summed E-state index contributed by atoms with van der Waals surface area (Å²) < 4.78 is 0. The van der Waals surface area contributed by atoms with Crippen LogP contribution in [0.1, 0.15) is 5.71 Å². The van der Waals surface area contributed by atoms with Gasteiger partial charge in [-0.15, -0.1) is 12.4 Å². The van der Waals surface area contributed by atoms with Gasteiger partial charge >= 0.3 is 74.7 Å². The molecule has 0 fully saturated rings. The molecule has 0 unspecified atom stereocenters. The monoisotopic (exact) mass is 214 g/mol. The molecule has 0 amide bonds. The minimum atomic E-state index is -1.83. The second kappa shape index (κ2) is 15.7.